The minimum Gasteiger partial charge on any atom is -0.490 e. The summed E-state index contributed by atoms with van der Waals surface area (Å²) in [6.45, 7) is 0. The molecule has 4 heteroatoms. The fourth-order valence-electron chi connectivity index (χ4n) is 2.18. The van der Waals surface area contributed by atoms with Crippen LogP contribution in [0.2, 0.25) is 0 Å². The van der Waals surface area contributed by atoms with Crippen LogP contribution in [-0.4, -0.2) is 17.2 Å². The van der Waals surface area contributed by atoms with Gasteiger partial charge in [0.15, 0.2) is 0 Å². The van der Waals surface area contributed by atoms with E-state index in [2.05, 4.69) is 0 Å². The first kappa shape index (κ1) is 11.8. The number of carboxylic acids is 1. The van der Waals surface area contributed by atoms with Crippen molar-refractivity contribution in [2.45, 2.75) is 38.2 Å². The molecule has 0 saturated heterocycles. The molecule has 92 valence electrons. The molecule has 1 saturated carbocycles. The van der Waals surface area contributed by atoms with Crippen molar-refractivity contribution in [1.82, 2.24) is 0 Å². The lowest BCUT2D eigenvalue weighted by Gasteiger charge is -2.23. The van der Waals surface area contributed by atoms with Gasteiger partial charge in [0, 0.05) is 11.8 Å². The van der Waals surface area contributed by atoms with Crippen LogP contribution in [0.15, 0.2) is 18.2 Å². The second-order valence-corrected chi connectivity index (χ2v) is 4.43. The van der Waals surface area contributed by atoms with E-state index in [4.69, 9.17) is 15.6 Å². The lowest BCUT2D eigenvalue weighted by Crippen LogP contribution is -2.19. The van der Waals surface area contributed by atoms with Gasteiger partial charge in [0.2, 0.25) is 0 Å². The number of ether oxygens (including phenoxy) is 1. The molecule has 0 aromatic heterocycles. The van der Waals surface area contributed by atoms with E-state index in [-0.39, 0.29) is 17.4 Å². The lowest BCUT2D eigenvalue weighted by molar-refractivity contribution is 0.0698. The van der Waals surface area contributed by atoms with E-state index in [0.717, 1.165) is 12.8 Å². The molecule has 0 radical (unpaired) electrons. The number of benzene rings is 1. The minimum atomic E-state index is -1.01. The highest BCUT2D eigenvalue weighted by molar-refractivity contribution is 5.93. The molecule has 17 heavy (non-hydrogen) atoms. The number of hydrogen-bond donors (Lipinski definition) is 2. The standard InChI is InChI=1S/C13H17NO3/c14-12-8-10(6-7-11(12)13(15)16)17-9-4-2-1-3-5-9/h6-9H,1-5,14H2,(H,15,16). The molecule has 0 bridgehead atoms. The van der Waals surface area contributed by atoms with Crippen molar-refractivity contribution in [3.63, 3.8) is 0 Å². The average molecular weight is 235 g/mol. The third-order valence-electron chi connectivity index (χ3n) is 3.11. The van der Waals surface area contributed by atoms with Crippen molar-refractivity contribution in [2.75, 3.05) is 5.73 Å². The molecule has 0 aliphatic heterocycles. The Morgan fingerprint density at radius 1 is 1.29 bits per heavy atom. The van der Waals surface area contributed by atoms with Gasteiger partial charge in [-0.15, -0.1) is 0 Å². The summed E-state index contributed by atoms with van der Waals surface area (Å²) < 4.78 is 5.80. The van der Waals surface area contributed by atoms with Gasteiger partial charge < -0.3 is 15.6 Å². The van der Waals surface area contributed by atoms with Crippen molar-refractivity contribution in [3.05, 3.63) is 23.8 Å². The topological polar surface area (TPSA) is 72.5 Å². The Labute approximate surface area is 100 Å². The molecule has 1 aliphatic carbocycles. The van der Waals surface area contributed by atoms with Crippen molar-refractivity contribution in [3.8, 4) is 5.75 Å². The fraction of sp³-hybridized carbons (Fsp3) is 0.462. The molecular weight excluding hydrogens is 218 g/mol. The summed E-state index contributed by atoms with van der Waals surface area (Å²) in [4.78, 5) is 10.8. The first-order valence-electron chi connectivity index (χ1n) is 5.96. The van der Waals surface area contributed by atoms with Gasteiger partial charge in [0.25, 0.3) is 0 Å². The number of nitrogens with two attached hydrogens (primary N) is 1. The van der Waals surface area contributed by atoms with Crippen LogP contribution in [0.25, 0.3) is 0 Å². The zero-order chi connectivity index (χ0) is 12.3. The van der Waals surface area contributed by atoms with E-state index in [1.54, 1.807) is 12.1 Å². The SMILES string of the molecule is Nc1cc(OC2CCCCC2)ccc1C(=O)O. The van der Waals surface area contributed by atoms with Crippen molar-refractivity contribution in [1.29, 1.82) is 0 Å². The molecule has 0 unspecified atom stereocenters. The number of carbonyl (C=O) groups is 1. The third-order valence-corrected chi connectivity index (χ3v) is 3.11. The van der Waals surface area contributed by atoms with Gasteiger partial charge in [-0.05, 0) is 37.8 Å². The number of aromatic carboxylic acids is 1. The number of carboxylic acid groups (broad SMARTS) is 1. The molecule has 1 aromatic rings. The van der Waals surface area contributed by atoms with Crippen molar-refractivity contribution in [2.24, 2.45) is 0 Å². The predicted octanol–water partition coefficient (Wildman–Crippen LogP) is 2.68. The maximum atomic E-state index is 10.8. The molecule has 2 rings (SSSR count). The highest BCUT2D eigenvalue weighted by Crippen LogP contribution is 2.26. The zero-order valence-corrected chi connectivity index (χ0v) is 9.69. The molecule has 3 N–H and O–H groups in total. The average Bonchev–Trinajstić information content (AvgIpc) is 2.30. The van der Waals surface area contributed by atoms with Crippen LogP contribution >= 0.6 is 0 Å². The van der Waals surface area contributed by atoms with Crippen LogP contribution in [0.1, 0.15) is 42.5 Å². The first-order chi connectivity index (χ1) is 8.16. The molecule has 1 aromatic carbocycles. The Morgan fingerprint density at radius 3 is 2.59 bits per heavy atom. The van der Waals surface area contributed by atoms with E-state index in [9.17, 15) is 4.79 Å². The Morgan fingerprint density at radius 2 is 2.00 bits per heavy atom. The molecule has 0 spiro atoms. The summed E-state index contributed by atoms with van der Waals surface area (Å²) in [7, 11) is 0. The molecule has 0 amide bonds. The molecule has 0 atom stereocenters. The van der Waals surface area contributed by atoms with Gasteiger partial charge in [0.1, 0.15) is 5.75 Å². The Kier molecular flexibility index (Phi) is 3.52. The second-order valence-electron chi connectivity index (χ2n) is 4.43. The summed E-state index contributed by atoms with van der Waals surface area (Å²) in [6.07, 6.45) is 6.07. The third kappa shape index (κ3) is 2.90. The van der Waals surface area contributed by atoms with Gasteiger partial charge in [-0.2, -0.15) is 0 Å². The monoisotopic (exact) mass is 235 g/mol. The summed E-state index contributed by atoms with van der Waals surface area (Å²) in [5.41, 5.74) is 6.05. The quantitative estimate of drug-likeness (QED) is 0.790. The molecular formula is C13H17NO3. The largest absolute Gasteiger partial charge is 0.490 e. The Hall–Kier alpha value is -1.71. The first-order valence-corrected chi connectivity index (χ1v) is 5.96. The number of rotatable bonds is 3. The van der Waals surface area contributed by atoms with Crippen LogP contribution in [0, 0.1) is 0 Å². The van der Waals surface area contributed by atoms with E-state index in [1.807, 2.05) is 0 Å². The maximum Gasteiger partial charge on any atom is 0.337 e. The number of nitrogen functional groups attached to an aromatic ring is 1. The van der Waals surface area contributed by atoms with Gasteiger partial charge in [-0.3, -0.25) is 0 Å². The van der Waals surface area contributed by atoms with E-state index in [1.165, 1.54) is 25.3 Å². The molecule has 0 heterocycles. The highest BCUT2D eigenvalue weighted by atomic mass is 16.5. The molecule has 4 nitrogen and oxygen atoms in total. The van der Waals surface area contributed by atoms with Crippen molar-refractivity contribution >= 4 is 11.7 Å². The smallest absolute Gasteiger partial charge is 0.337 e. The highest BCUT2D eigenvalue weighted by Gasteiger charge is 2.16. The Balaban J connectivity index is 2.06. The van der Waals surface area contributed by atoms with E-state index in [0.29, 0.717) is 5.75 Å². The van der Waals surface area contributed by atoms with Gasteiger partial charge in [0.05, 0.1) is 11.7 Å². The van der Waals surface area contributed by atoms with E-state index < -0.39 is 5.97 Å². The Bertz CT molecular complexity index is 411. The summed E-state index contributed by atoms with van der Waals surface area (Å²) in [5, 5.41) is 8.86. The molecule has 1 fully saturated rings. The lowest BCUT2D eigenvalue weighted by atomic mass is 9.98. The number of hydrogen-bond acceptors (Lipinski definition) is 3. The number of anilines is 1. The van der Waals surface area contributed by atoms with Crippen LogP contribution in [-0.2, 0) is 0 Å². The van der Waals surface area contributed by atoms with Crippen molar-refractivity contribution < 1.29 is 14.6 Å². The van der Waals surface area contributed by atoms with E-state index >= 15 is 0 Å². The minimum absolute atomic E-state index is 0.126. The fourth-order valence-corrected chi connectivity index (χ4v) is 2.18. The van der Waals surface area contributed by atoms with Crippen LogP contribution in [0.4, 0.5) is 5.69 Å². The second kappa shape index (κ2) is 5.08. The summed E-state index contributed by atoms with van der Waals surface area (Å²) in [5.74, 6) is -0.342. The van der Waals surface area contributed by atoms with Crippen LogP contribution in [0.5, 0.6) is 5.75 Å². The molecule has 1 aliphatic rings. The van der Waals surface area contributed by atoms with Gasteiger partial charge in [-0.25, -0.2) is 4.79 Å². The maximum absolute atomic E-state index is 10.8. The van der Waals surface area contributed by atoms with Crippen LogP contribution in [0.3, 0.4) is 0 Å². The van der Waals surface area contributed by atoms with Gasteiger partial charge in [-0.1, -0.05) is 6.42 Å². The normalized spacial score (nSPS) is 16.7. The zero-order valence-electron chi connectivity index (χ0n) is 9.69. The van der Waals surface area contributed by atoms with Crippen LogP contribution < -0.4 is 10.5 Å². The predicted molar refractivity (Wildman–Crippen MR) is 65.3 cm³/mol. The summed E-state index contributed by atoms with van der Waals surface area (Å²) >= 11 is 0. The summed E-state index contributed by atoms with van der Waals surface area (Å²) in [6, 6.07) is 4.77. The van der Waals surface area contributed by atoms with Gasteiger partial charge >= 0.3 is 5.97 Å².